The third-order valence-corrected chi connectivity index (χ3v) is 3.71. The number of ether oxygens (including phenoxy) is 1. The lowest BCUT2D eigenvalue weighted by atomic mass is 10.1. The van der Waals surface area contributed by atoms with Crippen molar-refractivity contribution in [2.24, 2.45) is 0 Å². The molecule has 1 aromatic carbocycles. The molecular weight excluding hydrogens is 264 g/mol. The third-order valence-electron chi connectivity index (χ3n) is 3.71. The van der Waals surface area contributed by atoms with Gasteiger partial charge < -0.3 is 4.74 Å². The van der Waals surface area contributed by atoms with E-state index in [1.807, 2.05) is 36.0 Å². The lowest BCUT2D eigenvalue weighted by Gasteiger charge is -2.13. The van der Waals surface area contributed by atoms with Crippen LogP contribution in [0.4, 0.5) is 0 Å². The van der Waals surface area contributed by atoms with Gasteiger partial charge in [0.15, 0.2) is 6.29 Å². The minimum Gasteiger partial charge on any atom is -0.486 e. The Kier molecular flexibility index (Phi) is 5.14. The average molecular weight is 286 g/mol. The highest BCUT2D eigenvalue weighted by molar-refractivity contribution is 5.80. The van der Waals surface area contributed by atoms with E-state index < -0.39 is 0 Å². The molecule has 0 spiro atoms. The van der Waals surface area contributed by atoms with Crippen molar-refractivity contribution in [3.63, 3.8) is 0 Å². The Morgan fingerprint density at radius 3 is 2.71 bits per heavy atom. The number of carbonyl (C=O) groups is 1. The first-order chi connectivity index (χ1) is 10.2. The Balaban J connectivity index is 2.09. The first kappa shape index (κ1) is 15.3. The average Bonchev–Trinajstić information content (AvgIpc) is 2.96. The van der Waals surface area contributed by atoms with E-state index in [1.165, 1.54) is 0 Å². The lowest BCUT2D eigenvalue weighted by molar-refractivity contribution is 0.111. The minimum atomic E-state index is 0.374. The van der Waals surface area contributed by atoms with Gasteiger partial charge in [0.05, 0.1) is 17.3 Å². The summed E-state index contributed by atoms with van der Waals surface area (Å²) in [4.78, 5) is 11.1. The molecule has 1 heterocycles. The second-order valence-corrected chi connectivity index (χ2v) is 5.16. The number of aldehydes is 1. The normalized spacial score (nSPS) is 10.9. The first-order valence-corrected chi connectivity index (χ1v) is 7.41. The summed E-state index contributed by atoms with van der Waals surface area (Å²) in [5.41, 5.74) is 2.41. The van der Waals surface area contributed by atoms with Crippen LogP contribution in [-0.2, 0) is 6.61 Å². The highest BCUT2D eigenvalue weighted by atomic mass is 16.5. The van der Waals surface area contributed by atoms with Gasteiger partial charge in [0, 0.05) is 6.20 Å². The molecule has 0 aliphatic carbocycles. The number of benzene rings is 1. The molecule has 0 radical (unpaired) electrons. The van der Waals surface area contributed by atoms with Crippen LogP contribution < -0.4 is 4.74 Å². The Morgan fingerprint density at radius 1 is 1.29 bits per heavy atom. The Hall–Kier alpha value is -2.10. The van der Waals surface area contributed by atoms with Crippen LogP contribution in [0.2, 0.25) is 0 Å². The summed E-state index contributed by atoms with van der Waals surface area (Å²) in [6, 6.07) is 7.96. The Bertz CT molecular complexity index is 601. The molecule has 21 heavy (non-hydrogen) atoms. The number of aryl methyl sites for hydroxylation is 1. The van der Waals surface area contributed by atoms with E-state index in [0.717, 1.165) is 30.4 Å². The number of carbonyl (C=O) groups excluding carboxylic acids is 1. The molecule has 0 saturated heterocycles. The zero-order chi connectivity index (χ0) is 15.2. The van der Waals surface area contributed by atoms with Crippen LogP contribution in [0.3, 0.4) is 0 Å². The zero-order valence-corrected chi connectivity index (χ0v) is 12.9. The largest absolute Gasteiger partial charge is 0.486 e. The molecule has 0 unspecified atom stereocenters. The second kappa shape index (κ2) is 7.07. The molecule has 0 aliphatic heterocycles. The maximum Gasteiger partial charge on any atom is 0.153 e. The van der Waals surface area contributed by atoms with Crippen LogP contribution >= 0.6 is 0 Å². The van der Waals surface area contributed by atoms with Crippen LogP contribution in [0.1, 0.15) is 54.3 Å². The van der Waals surface area contributed by atoms with E-state index in [-0.39, 0.29) is 0 Å². The van der Waals surface area contributed by atoms with Crippen LogP contribution in [0.15, 0.2) is 30.5 Å². The topological polar surface area (TPSA) is 44.1 Å². The van der Waals surface area contributed by atoms with Crippen LogP contribution in [-0.4, -0.2) is 16.1 Å². The van der Waals surface area contributed by atoms with Gasteiger partial charge in [-0.15, -0.1) is 0 Å². The molecule has 0 bridgehead atoms. The number of aromatic nitrogens is 2. The first-order valence-electron chi connectivity index (χ1n) is 7.41. The summed E-state index contributed by atoms with van der Waals surface area (Å²) in [5.74, 6) is 0.643. The third kappa shape index (κ3) is 3.51. The van der Waals surface area contributed by atoms with E-state index in [1.54, 1.807) is 6.07 Å². The van der Waals surface area contributed by atoms with Crippen LogP contribution in [0.25, 0.3) is 0 Å². The van der Waals surface area contributed by atoms with Crippen molar-refractivity contribution in [1.29, 1.82) is 0 Å². The highest BCUT2D eigenvalue weighted by Gasteiger charge is 2.10. The smallest absolute Gasteiger partial charge is 0.153 e. The van der Waals surface area contributed by atoms with Gasteiger partial charge >= 0.3 is 0 Å². The van der Waals surface area contributed by atoms with Gasteiger partial charge in [-0.05, 0) is 37.5 Å². The van der Waals surface area contributed by atoms with E-state index in [9.17, 15) is 4.79 Å². The second-order valence-electron chi connectivity index (χ2n) is 5.16. The summed E-state index contributed by atoms with van der Waals surface area (Å²) in [6.07, 6.45) is 4.94. The van der Waals surface area contributed by atoms with Crippen molar-refractivity contribution in [3.8, 4) is 5.75 Å². The molecule has 1 aromatic heterocycles. The van der Waals surface area contributed by atoms with Crippen molar-refractivity contribution in [2.75, 3.05) is 0 Å². The fourth-order valence-electron chi connectivity index (χ4n) is 2.43. The number of para-hydroxylation sites is 1. The molecule has 0 amide bonds. The quantitative estimate of drug-likeness (QED) is 0.724. The Labute approximate surface area is 125 Å². The maximum absolute atomic E-state index is 11.1. The molecule has 112 valence electrons. The van der Waals surface area contributed by atoms with E-state index in [4.69, 9.17) is 4.74 Å². The highest BCUT2D eigenvalue weighted by Crippen LogP contribution is 2.23. The van der Waals surface area contributed by atoms with Crippen molar-refractivity contribution in [1.82, 2.24) is 9.78 Å². The minimum absolute atomic E-state index is 0.374. The molecule has 0 atom stereocenters. The summed E-state index contributed by atoms with van der Waals surface area (Å²) in [5, 5.41) is 4.56. The molecule has 2 aromatic rings. The van der Waals surface area contributed by atoms with Crippen molar-refractivity contribution in [3.05, 3.63) is 47.3 Å². The van der Waals surface area contributed by atoms with Crippen molar-refractivity contribution >= 4 is 6.29 Å². The van der Waals surface area contributed by atoms with E-state index >= 15 is 0 Å². The van der Waals surface area contributed by atoms with Gasteiger partial charge in [-0.1, -0.05) is 26.0 Å². The van der Waals surface area contributed by atoms with Gasteiger partial charge in [-0.2, -0.15) is 5.10 Å². The SMILES string of the molecule is CCC(CC)n1ccc(COc2c(C)cccc2C=O)n1. The molecule has 2 rings (SSSR count). The molecule has 0 fully saturated rings. The number of hydrogen-bond acceptors (Lipinski definition) is 3. The number of nitrogens with zero attached hydrogens (tertiary/aromatic N) is 2. The van der Waals surface area contributed by atoms with Crippen LogP contribution in [0, 0.1) is 6.92 Å². The van der Waals surface area contributed by atoms with E-state index in [0.29, 0.717) is 24.0 Å². The lowest BCUT2D eigenvalue weighted by Crippen LogP contribution is -2.08. The predicted molar refractivity (Wildman–Crippen MR) is 82.7 cm³/mol. The summed E-state index contributed by atoms with van der Waals surface area (Å²) in [6.45, 7) is 6.63. The van der Waals surface area contributed by atoms with Gasteiger partial charge in [0.25, 0.3) is 0 Å². The zero-order valence-electron chi connectivity index (χ0n) is 12.9. The van der Waals surface area contributed by atoms with Gasteiger partial charge in [-0.25, -0.2) is 0 Å². The maximum atomic E-state index is 11.1. The molecule has 0 N–H and O–H groups in total. The van der Waals surface area contributed by atoms with E-state index in [2.05, 4.69) is 18.9 Å². The van der Waals surface area contributed by atoms with Crippen molar-refractivity contribution in [2.45, 2.75) is 46.3 Å². The molecular formula is C17H22N2O2. The predicted octanol–water partition coefficient (Wildman–Crippen LogP) is 3.94. The standard InChI is InChI=1S/C17H22N2O2/c1-4-16(5-2)19-10-9-15(18-19)12-21-17-13(3)7-6-8-14(17)11-20/h6-11,16H,4-5,12H2,1-3H3. The number of rotatable bonds is 7. The fourth-order valence-corrected chi connectivity index (χ4v) is 2.43. The van der Waals surface area contributed by atoms with Gasteiger partial charge in [0.2, 0.25) is 0 Å². The number of hydrogen-bond donors (Lipinski definition) is 0. The Morgan fingerprint density at radius 2 is 2.05 bits per heavy atom. The van der Waals surface area contributed by atoms with Gasteiger partial charge in [0.1, 0.15) is 12.4 Å². The molecule has 0 aliphatic rings. The van der Waals surface area contributed by atoms with Crippen LogP contribution in [0.5, 0.6) is 5.75 Å². The molecule has 0 saturated carbocycles. The monoisotopic (exact) mass is 286 g/mol. The summed E-state index contributed by atoms with van der Waals surface area (Å²) < 4.78 is 7.80. The molecule has 4 heteroatoms. The fraction of sp³-hybridized carbons (Fsp3) is 0.412. The van der Waals surface area contributed by atoms with Gasteiger partial charge in [-0.3, -0.25) is 9.48 Å². The molecule has 4 nitrogen and oxygen atoms in total. The summed E-state index contributed by atoms with van der Waals surface area (Å²) in [7, 11) is 0. The van der Waals surface area contributed by atoms with Crippen molar-refractivity contribution < 1.29 is 9.53 Å². The summed E-state index contributed by atoms with van der Waals surface area (Å²) >= 11 is 0.